The molecule has 172 valence electrons. The summed E-state index contributed by atoms with van der Waals surface area (Å²) in [4.78, 5) is 10.1. The molecule has 5 N–H and O–H groups in total. The zero-order valence-electron chi connectivity index (χ0n) is 17.4. The van der Waals surface area contributed by atoms with E-state index >= 15 is 0 Å². The molecule has 1 fully saturated rings. The number of ether oxygens (including phenoxy) is 2. The highest BCUT2D eigenvalue weighted by Gasteiger charge is 2.21. The summed E-state index contributed by atoms with van der Waals surface area (Å²) in [5, 5.41) is 8.38. The van der Waals surface area contributed by atoms with Gasteiger partial charge >= 0.3 is 0 Å². The van der Waals surface area contributed by atoms with Crippen LogP contribution in [0.3, 0.4) is 0 Å². The molecule has 3 aromatic rings. The Bertz CT molecular complexity index is 1170. The molecule has 0 unspecified atom stereocenters. The van der Waals surface area contributed by atoms with Crippen molar-refractivity contribution in [2.24, 2.45) is 5.73 Å². The lowest BCUT2D eigenvalue weighted by atomic mass is 10.0. The Morgan fingerprint density at radius 3 is 2.61 bits per heavy atom. The second-order valence-electron chi connectivity index (χ2n) is 7.29. The lowest BCUT2D eigenvalue weighted by Crippen LogP contribution is -2.36. The number of nitrogen functional groups attached to an aromatic ring is 1. The largest absolute Gasteiger partial charge is 0.471 e. The smallest absolute Gasteiger partial charge is 0.232 e. The Morgan fingerprint density at radius 2 is 1.91 bits per heavy atom. The first kappa shape index (κ1) is 23.2. The predicted molar refractivity (Wildman–Crippen MR) is 126 cm³/mol. The molecule has 33 heavy (non-hydrogen) atoms. The quantitative estimate of drug-likeness (QED) is 0.208. The van der Waals surface area contributed by atoms with Gasteiger partial charge in [0.2, 0.25) is 5.95 Å². The number of anilines is 2. The van der Waals surface area contributed by atoms with Gasteiger partial charge in [-0.3, -0.25) is 11.1 Å². The zero-order chi connectivity index (χ0) is 23.5. The summed E-state index contributed by atoms with van der Waals surface area (Å²) < 4.78 is 24.8. The highest BCUT2D eigenvalue weighted by atomic mass is 35.5. The minimum atomic E-state index is -1.16. The minimum Gasteiger partial charge on any atom is -0.471 e. The van der Waals surface area contributed by atoms with E-state index in [4.69, 9.17) is 49.6 Å². The Labute approximate surface area is 199 Å². The summed E-state index contributed by atoms with van der Waals surface area (Å²) in [6.07, 6.45) is 1.58. The van der Waals surface area contributed by atoms with Gasteiger partial charge in [-0.1, -0.05) is 23.2 Å². The van der Waals surface area contributed by atoms with E-state index in [1.54, 1.807) is 24.4 Å². The second-order valence-corrected chi connectivity index (χ2v) is 8.08. The van der Waals surface area contributed by atoms with Crippen LogP contribution in [0.1, 0.15) is 22.9 Å². The number of halogens is 3. The topological polar surface area (TPSA) is 123 Å². The molecule has 0 bridgehead atoms. The van der Waals surface area contributed by atoms with E-state index in [1.165, 1.54) is 0 Å². The molecule has 8 nitrogen and oxygen atoms in total. The van der Waals surface area contributed by atoms with Gasteiger partial charge in [-0.25, -0.2) is 9.97 Å². The summed E-state index contributed by atoms with van der Waals surface area (Å²) in [7, 11) is 0. The van der Waals surface area contributed by atoms with Crippen LogP contribution in [0, 0.1) is 11.4 Å². The molecule has 1 saturated heterocycles. The van der Waals surface area contributed by atoms with Crippen LogP contribution in [0.2, 0.25) is 10.0 Å². The lowest BCUT2D eigenvalue weighted by Gasteiger charge is -2.27. The van der Waals surface area contributed by atoms with Crippen molar-refractivity contribution in [2.75, 3.05) is 36.9 Å². The van der Waals surface area contributed by atoms with Gasteiger partial charge < -0.3 is 20.1 Å². The van der Waals surface area contributed by atoms with Crippen LogP contribution < -0.4 is 21.1 Å². The number of morpholine rings is 1. The normalized spacial score (nSPS) is 14.7. The number of pyridine rings is 2. The van der Waals surface area contributed by atoms with Gasteiger partial charge in [0.1, 0.15) is 16.6 Å². The van der Waals surface area contributed by atoms with Crippen molar-refractivity contribution in [2.45, 2.75) is 6.23 Å². The van der Waals surface area contributed by atoms with Crippen LogP contribution >= 0.6 is 23.2 Å². The Hall–Kier alpha value is -2.98. The fourth-order valence-corrected chi connectivity index (χ4v) is 3.97. The minimum absolute atomic E-state index is 0.0715. The second kappa shape index (κ2) is 9.88. The summed E-state index contributed by atoms with van der Waals surface area (Å²) in [5.41, 5.74) is 13.8. The van der Waals surface area contributed by atoms with E-state index in [9.17, 15) is 4.39 Å². The molecule has 1 aliphatic heterocycles. The fraction of sp³-hybridized carbons (Fsp3) is 0.227. The predicted octanol–water partition coefficient (Wildman–Crippen LogP) is 3.79. The summed E-state index contributed by atoms with van der Waals surface area (Å²) in [6.45, 7) is 2.86. The Morgan fingerprint density at radius 1 is 1.15 bits per heavy atom. The lowest BCUT2D eigenvalue weighted by molar-refractivity contribution is 0.122. The van der Waals surface area contributed by atoms with Crippen molar-refractivity contribution in [3.05, 3.63) is 75.4 Å². The molecule has 3 heterocycles. The van der Waals surface area contributed by atoms with Gasteiger partial charge in [0.15, 0.2) is 6.23 Å². The van der Waals surface area contributed by atoms with Crippen LogP contribution in [0.15, 0.2) is 42.7 Å². The first-order valence-electron chi connectivity index (χ1n) is 10.0. The molecule has 0 radical (unpaired) electrons. The number of hydrogen-bond acceptors (Lipinski definition) is 8. The van der Waals surface area contributed by atoms with Crippen molar-refractivity contribution in [1.82, 2.24) is 9.97 Å². The summed E-state index contributed by atoms with van der Waals surface area (Å²) in [5.74, 6) is 0.228. The van der Waals surface area contributed by atoms with Gasteiger partial charge in [0.05, 0.1) is 29.5 Å². The monoisotopic (exact) mass is 490 g/mol. The number of nitrogens with zero attached hydrogens (tertiary/aromatic N) is 3. The summed E-state index contributed by atoms with van der Waals surface area (Å²) in [6, 6.07) is 8.44. The maximum atomic E-state index is 13.7. The van der Waals surface area contributed by atoms with Crippen LogP contribution in [0.25, 0.3) is 0 Å². The number of nitrogens with two attached hydrogens (primary N) is 2. The summed E-state index contributed by atoms with van der Waals surface area (Å²) >= 11 is 12.0. The number of benzene rings is 1. The van der Waals surface area contributed by atoms with Crippen LogP contribution in [0.5, 0.6) is 5.75 Å². The van der Waals surface area contributed by atoms with Crippen molar-refractivity contribution in [1.29, 1.82) is 5.41 Å². The van der Waals surface area contributed by atoms with Gasteiger partial charge in [0.25, 0.3) is 0 Å². The highest BCUT2D eigenvalue weighted by molar-refractivity contribution is 6.35. The first-order chi connectivity index (χ1) is 15.8. The van der Waals surface area contributed by atoms with E-state index in [1.807, 2.05) is 12.1 Å². The molecule has 1 aromatic carbocycles. The average molecular weight is 491 g/mol. The molecular weight excluding hydrogens is 470 g/mol. The number of nitrogens with one attached hydrogen (secondary N) is 1. The Balaban J connectivity index is 1.55. The third-order valence-electron chi connectivity index (χ3n) is 5.18. The molecule has 1 atom stereocenters. The van der Waals surface area contributed by atoms with Crippen molar-refractivity contribution in [3.8, 4) is 5.75 Å². The van der Waals surface area contributed by atoms with E-state index in [2.05, 4.69) is 14.9 Å². The van der Waals surface area contributed by atoms with E-state index in [0.29, 0.717) is 35.8 Å². The molecule has 0 spiro atoms. The van der Waals surface area contributed by atoms with Gasteiger partial charge in [-0.05, 0) is 30.3 Å². The van der Waals surface area contributed by atoms with Gasteiger partial charge in [-0.15, -0.1) is 0 Å². The molecule has 0 saturated carbocycles. The molecular formula is C22H21Cl2FN6O2. The maximum Gasteiger partial charge on any atom is 0.232 e. The molecule has 4 rings (SSSR count). The number of hydrogen-bond donors (Lipinski definition) is 3. The number of aromatic nitrogens is 2. The van der Waals surface area contributed by atoms with E-state index < -0.39 is 12.2 Å². The van der Waals surface area contributed by atoms with E-state index in [0.717, 1.165) is 25.1 Å². The molecule has 1 aliphatic rings. The van der Waals surface area contributed by atoms with Crippen LogP contribution in [-0.4, -0.2) is 42.0 Å². The third kappa shape index (κ3) is 5.01. The SMILES string of the molecule is N=C(c1ccc(N2CCOCC2)nc1)c1cc(O[C@H](N)c2c(Cl)cnc(F)c2Cl)ccc1N. The van der Waals surface area contributed by atoms with Crippen molar-refractivity contribution >= 4 is 40.4 Å². The molecule has 0 amide bonds. The standard InChI is InChI=1S/C22H21Cl2FN6O2/c23-15-11-30-21(25)19(24)18(15)22(28)33-13-2-3-16(26)14(9-13)20(27)12-1-4-17(29-10-12)31-5-7-32-8-6-31/h1-4,9-11,22,27H,5-8,26,28H2/t22-/m0/s1. The molecule has 11 heteroatoms. The molecule has 2 aromatic heterocycles. The average Bonchev–Trinajstić information content (AvgIpc) is 2.83. The van der Waals surface area contributed by atoms with Gasteiger partial charge in [0, 0.05) is 42.3 Å². The van der Waals surface area contributed by atoms with E-state index in [-0.39, 0.29) is 21.3 Å². The Kier molecular flexibility index (Phi) is 6.94. The zero-order valence-corrected chi connectivity index (χ0v) is 18.9. The maximum absolute atomic E-state index is 13.7. The van der Waals surface area contributed by atoms with Crippen LogP contribution in [-0.2, 0) is 4.74 Å². The van der Waals surface area contributed by atoms with Crippen molar-refractivity contribution in [3.63, 3.8) is 0 Å². The highest BCUT2D eigenvalue weighted by Crippen LogP contribution is 2.32. The van der Waals surface area contributed by atoms with Gasteiger partial charge in [-0.2, -0.15) is 4.39 Å². The molecule has 0 aliphatic carbocycles. The fourth-order valence-electron chi connectivity index (χ4n) is 3.42. The number of rotatable bonds is 6. The van der Waals surface area contributed by atoms with Crippen molar-refractivity contribution < 1.29 is 13.9 Å². The first-order valence-corrected chi connectivity index (χ1v) is 10.8. The van der Waals surface area contributed by atoms with Crippen LogP contribution in [0.4, 0.5) is 15.9 Å². The third-order valence-corrected chi connectivity index (χ3v) is 5.84.